The van der Waals surface area contributed by atoms with Crippen molar-refractivity contribution in [2.45, 2.75) is 31.4 Å². The van der Waals surface area contributed by atoms with Crippen LogP contribution < -0.4 is 20.3 Å². The molecule has 7 heteroatoms. The monoisotopic (exact) mass is 465 g/mol. The zero-order chi connectivity index (χ0) is 23.8. The molecule has 2 aliphatic heterocycles. The van der Waals surface area contributed by atoms with Crippen LogP contribution in [0, 0.1) is 0 Å². The summed E-state index contributed by atoms with van der Waals surface area (Å²) in [6.45, 7) is 6.09. The van der Waals surface area contributed by atoms with E-state index in [0.29, 0.717) is 24.6 Å². The summed E-state index contributed by atoms with van der Waals surface area (Å²) in [5.74, 6) is 2.18. The summed E-state index contributed by atoms with van der Waals surface area (Å²) in [6.07, 6.45) is 7.95. The Labute approximate surface area is 204 Å². The number of aromatic nitrogens is 2. The highest BCUT2D eigenvalue weighted by Gasteiger charge is 2.35. The Kier molecular flexibility index (Phi) is 5.54. The normalized spacial score (nSPS) is 21.0. The maximum Gasteiger partial charge on any atom is 0.229 e. The fourth-order valence-corrected chi connectivity index (χ4v) is 4.96. The average Bonchev–Trinajstić information content (AvgIpc) is 3.38. The summed E-state index contributed by atoms with van der Waals surface area (Å²) in [7, 11) is 0. The lowest BCUT2D eigenvalue weighted by Gasteiger charge is -2.37. The van der Waals surface area contributed by atoms with Gasteiger partial charge >= 0.3 is 0 Å². The van der Waals surface area contributed by atoms with E-state index in [1.165, 1.54) is 5.56 Å². The molecular formula is C28H27N5O2. The molecule has 3 aromatic rings. The van der Waals surface area contributed by atoms with Crippen LogP contribution in [0.4, 0.5) is 17.5 Å². The van der Waals surface area contributed by atoms with Crippen LogP contribution >= 0.6 is 0 Å². The quantitative estimate of drug-likeness (QED) is 0.589. The molecule has 0 bridgehead atoms. The Morgan fingerprint density at radius 1 is 1.09 bits per heavy atom. The lowest BCUT2D eigenvalue weighted by molar-refractivity contribution is -0.120. The molecule has 0 spiro atoms. The third-order valence-electron chi connectivity index (χ3n) is 6.80. The van der Waals surface area contributed by atoms with Crippen LogP contribution in [0.5, 0.6) is 5.75 Å². The van der Waals surface area contributed by atoms with Gasteiger partial charge in [0, 0.05) is 42.5 Å². The first-order valence-corrected chi connectivity index (χ1v) is 12.0. The molecule has 6 rings (SSSR count). The third-order valence-corrected chi connectivity index (χ3v) is 6.80. The second kappa shape index (κ2) is 9.00. The van der Waals surface area contributed by atoms with Crippen LogP contribution in [0.2, 0.25) is 0 Å². The maximum absolute atomic E-state index is 13.2. The third kappa shape index (κ3) is 4.31. The lowest BCUT2D eigenvalue weighted by Crippen LogP contribution is -2.46. The van der Waals surface area contributed by atoms with Gasteiger partial charge < -0.3 is 20.3 Å². The van der Waals surface area contributed by atoms with Gasteiger partial charge in [0.1, 0.15) is 17.7 Å². The maximum atomic E-state index is 13.2. The fraction of sp³-hybridized carbons (Fsp3) is 0.250. The van der Waals surface area contributed by atoms with Gasteiger partial charge in [-0.3, -0.25) is 4.79 Å². The van der Waals surface area contributed by atoms with E-state index in [1.54, 1.807) is 6.20 Å². The van der Waals surface area contributed by atoms with Crippen molar-refractivity contribution < 1.29 is 9.53 Å². The van der Waals surface area contributed by atoms with Gasteiger partial charge in [0.2, 0.25) is 5.95 Å². The standard InChI is InChI=1S/C28H27N5O2/c1-18-6-7-21-16-30-28(31-22-8-10-23(11-9-22)35-24-12-13-29-17-24)32-27(21)33(18)25-14-19-4-2-3-5-20(19)15-26(25)34/h2-11,16,24-25,29H,1,12-15,17H2,(H,30,31,32). The van der Waals surface area contributed by atoms with Crippen LogP contribution in [0.1, 0.15) is 23.1 Å². The van der Waals surface area contributed by atoms with Gasteiger partial charge in [-0.15, -0.1) is 0 Å². The molecule has 2 unspecified atom stereocenters. The summed E-state index contributed by atoms with van der Waals surface area (Å²) in [4.78, 5) is 24.4. The molecule has 1 aliphatic carbocycles. The Hall–Kier alpha value is -3.97. The molecule has 0 amide bonds. The molecule has 2 N–H and O–H groups in total. The minimum Gasteiger partial charge on any atom is -0.489 e. The number of carbonyl (C=O) groups excluding carboxylic acids is 1. The van der Waals surface area contributed by atoms with E-state index in [1.807, 2.05) is 59.5 Å². The highest BCUT2D eigenvalue weighted by atomic mass is 16.5. The fourth-order valence-electron chi connectivity index (χ4n) is 4.96. The van der Waals surface area contributed by atoms with E-state index in [-0.39, 0.29) is 17.9 Å². The van der Waals surface area contributed by atoms with Crippen molar-refractivity contribution in [3.05, 3.63) is 89.8 Å². The predicted octanol–water partition coefficient (Wildman–Crippen LogP) is 4.04. The van der Waals surface area contributed by atoms with Crippen LogP contribution in [-0.2, 0) is 17.6 Å². The number of nitrogens with one attached hydrogen (secondary N) is 2. The number of Topliss-reactive ketones (excluding diaryl/α,β-unsaturated/α-hetero) is 1. The second-order valence-electron chi connectivity index (χ2n) is 9.18. The van der Waals surface area contributed by atoms with Crippen molar-refractivity contribution in [3.63, 3.8) is 0 Å². The molecule has 0 radical (unpaired) electrons. The van der Waals surface area contributed by atoms with Crippen molar-refractivity contribution in [3.8, 4) is 5.75 Å². The Balaban J connectivity index is 1.24. The molecule has 0 saturated carbocycles. The summed E-state index contributed by atoms with van der Waals surface area (Å²) in [6, 6.07) is 15.6. The molecule has 1 fully saturated rings. The first kappa shape index (κ1) is 21.6. The summed E-state index contributed by atoms with van der Waals surface area (Å²) in [5, 5.41) is 6.59. The number of benzene rings is 2. The van der Waals surface area contributed by atoms with E-state index in [9.17, 15) is 4.79 Å². The summed E-state index contributed by atoms with van der Waals surface area (Å²) >= 11 is 0. The van der Waals surface area contributed by atoms with Gasteiger partial charge in [0.05, 0.1) is 6.04 Å². The minimum absolute atomic E-state index is 0.173. The number of carbonyl (C=O) groups is 1. The number of anilines is 3. The average molecular weight is 466 g/mol. The Bertz CT molecular complexity index is 1310. The number of rotatable bonds is 5. The van der Waals surface area contributed by atoms with Gasteiger partial charge in [-0.05, 0) is 60.5 Å². The molecule has 1 aromatic heterocycles. The Morgan fingerprint density at radius 2 is 1.91 bits per heavy atom. The molecule has 35 heavy (non-hydrogen) atoms. The molecule has 7 nitrogen and oxygen atoms in total. The van der Waals surface area contributed by atoms with E-state index >= 15 is 0 Å². The number of hydrogen-bond donors (Lipinski definition) is 2. The number of hydrogen-bond acceptors (Lipinski definition) is 7. The topological polar surface area (TPSA) is 79.4 Å². The van der Waals surface area contributed by atoms with Crippen molar-refractivity contribution in [1.82, 2.24) is 15.3 Å². The van der Waals surface area contributed by atoms with Crippen molar-refractivity contribution in [2.24, 2.45) is 0 Å². The van der Waals surface area contributed by atoms with E-state index < -0.39 is 0 Å². The highest BCUT2D eigenvalue weighted by Crippen LogP contribution is 2.34. The predicted molar refractivity (Wildman–Crippen MR) is 137 cm³/mol. The first-order valence-electron chi connectivity index (χ1n) is 12.0. The number of ether oxygens (including phenoxy) is 1. The summed E-state index contributed by atoms with van der Waals surface area (Å²) < 4.78 is 6.01. The van der Waals surface area contributed by atoms with Crippen molar-refractivity contribution >= 4 is 29.3 Å². The number of ketones is 1. The van der Waals surface area contributed by atoms with Crippen LogP contribution in [0.15, 0.2) is 73.1 Å². The van der Waals surface area contributed by atoms with Gasteiger partial charge in [-0.25, -0.2) is 4.98 Å². The largest absolute Gasteiger partial charge is 0.489 e. The summed E-state index contributed by atoms with van der Waals surface area (Å²) in [5.41, 5.74) is 4.78. The number of nitrogens with zero attached hydrogens (tertiary/aromatic N) is 3. The second-order valence-corrected chi connectivity index (χ2v) is 9.18. The zero-order valence-corrected chi connectivity index (χ0v) is 19.4. The smallest absolute Gasteiger partial charge is 0.229 e. The highest BCUT2D eigenvalue weighted by molar-refractivity contribution is 5.93. The van der Waals surface area contributed by atoms with Crippen LogP contribution in [-0.4, -0.2) is 41.0 Å². The number of fused-ring (bicyclic) bond motifs is 2. The molecule has 2 atom stereocenters. The van der Waals surface area contributed by atoms with Crippen LogP contribution in [0.3, 0.4) is 0 Å². The first-order chi connectivity index (χ1) is 17.1. The lowest BCUT2D eigenvalue weighted by atomic mass is 9.86. The molecule has 3 aliphatic rings. The molecule has 176 valence electrons. The van der Waals surface area contributed by atoms with E-state index in [2.05, 4.69) is 28.3 Å². The van der Waals surface area contributed by atoms with E-state index in [0.717, 1.165) is 47.8 Å². The molecule has 3 heterocycles. The van der Waals surface area contributed by atoms with Gasteiger partial charge in [0.15, 0.2) is 5.78 Å². The SMILES string of the molecule is C=C1C=Cc2cnc(Nc3ccc(OC4CCNC4)cc3)nc2N1C1Cc2ccccc2CC1=O. The number of allylic oxidation sites excluding steroid dienone is 1. The van der Waals surface area contributed by atoms with Gasteiger partial charge in [-0.1, -0.05) is 30.8 Å². The van der Waals surface area contributed by atoms with Gasteiger partial charge in [0.25, 0.3) is 0 Å². The molecule has 2 aromatic carbocycles. The molecule has 1 saturated heterocycles. The Morgan fingerprint density at radius 3 is 2.71 bits per heavy atom. The minimum atomic E-state index is -0.342. The van der Waals surface area contributed by atoms with Crippen molar-refractivity contribution in [2.75, 3.05) is 23.3 Å². The van der Waals surface area contributed by atoms with Crippen LogP contribution in [0.25, 0.3) is 6.08 Å². The zero-order valence-electron chi connectivity index (χ0n) is 19.4. The van der Waals surface area contributed by atoms with E-state index in [4.69, 9.17) is 9.72 Å². The van der Waals surface area contributed by atoms with Gasteiger partial charge in [-0.2, -0.15) is 4.98 Å². The van der Waals surface area contributed by atoms with Crippen molar-refractivity contribution in [1.29, 1.82) is 0 Å². The molecular weight excluding hydrogens is 438 g/mol.